The van der Waals surface area contributed by atoms with Crippen molar-refractivity contribution in [2.45, 2.75) is 5.16 Å². The zero-order chi connectivity index (χ0) is 15.8. The number of nitrogens with one attached hydrogen (secondary N) is 1. The maximum Gasteiger partial charge on any atom is 0.230 e. The number of para-hydroxylation sites is 2. The smallest absolute Gasteiger partial charge is 0.230 e. The fourth-order valence-corrected chi connectivity index (χ4v) is 2.29. The van der Waals surface area contributed by atoms with Gasteiger partial charge in [-0.15, -0.1) is 5.10 Å². The molecule has 9 heteroatoms. The Morgan fingerprint density at radius 2 is 2.14 bits per heavy atom. The van der Waals surface area contributed by atoms with Gasteiger partial charge in [0.1, 0.15) is 6.61 Å². The minimum absolute atomic E-state index is 0.100. The van der Waals surface area contributed by atoms with Crippen molar-refractivity contribution in [3.8, 4) is 11.5 Å². The molecule has 1 aromatic heterocycles. The number of thioether (sulfide) groups is 1. The number of amides is 1. The fraction of sp³-hybridized carbons (Fsp3) is 0.385. The monoisotopic (exact) mass is 323 g/mol. The normalized spacial score (nSPS) is 10.3. The second-order valence-corrected chi connectivity index (χ2v) is 5.17. The van der Waals surface area contributed by atoms with Crippen molar-refractivity contribution in [3.63, 3.8) is 0 Å². The van der Waals surface area contributed by atoms with Gasteiger partial charge in [-0.05, 0) is 22.6 Å². The van der Waals surface area contributed by atoms with Crippen molar-refractivity contribution < 1.29 is 14.3 Å². The van der Waals surface area contributed by atoms with Crippen LogP contribution in [0.2, 0.25) is 0 Å². The molecule has 0 saturated heterocycles. The first-order chi connectivity index (χ1) is 10.7. The highest BCUT2D eigenvalue weighted by Crippen LogP contribution is 2.25. The molecule has 0 spiro atoms. The highest BCUT2D eigenvalue weighted by atomic mass is 32.2. The topological polar surface area (TPSA) is 91.2 Å². The molecule has 0 bridgehead atoms. The average Bonchev–Trinajstić information content (AvgIpc) is 2.95. The van der Waals surface area contributed by atoms with Crippen LogP contribution in [0, 0.1) is 0 Å². The van der Waals surface area contributed by atoms with Gasteiger partial charge >= 0.3 is 0 Å². The number of ether oxygens (including phenoxy) is 2. The maximum atomic E-state index is 11.7. The van der Waals surface area contributed by atoms with E-state index in [2.05, 4.69) is 20.8 Å². The summed E-state index contributed by atoms with van der Waals surface area (Å²) in [4.78, 5) is 11.7. The average molecular weight is 323 g/mol. The SMILES string of the molecule is COc1ccccc1OCCNC(=O)CSc1nnnn1C. The lowest BCUT2D eigenvalue weighted by molar-refractivity contribution is -0.118. The third-order valence-corrected chi connectivity index (χ3v) is 3.68. The lowest BCUT2D eigenvalue weighted by atomic mass is 10.3. The van der Waals surface area contributed by atoms with Crippen LogP contribution in [0.3, 0.4) is 0 Å². The second-order valence-electron chi connectivity index (χ2n) is 4.22. The summed E-state index contributed by atoms with van der Waals surface area (Å²) in [6.07, 6.45) is 0. The number of aromatic nitrogens is 4. The Morgan fingerprint density at radius 1 is 1.36 bits per heavy atom. The lowest BCUT2D eigenvalue weighted by Crippen LogP contribution is -2.29. The Balaban J connectivity index is 1.66. The molecule has 0 atom stereocenters. The molecule has 8 nitrogen and oxygen atoms in total. The van der Waals surface area contributed by atoms with Gasteiger partial charge in [0.15, 0.2) is 11.5 Å². The van der Waals surface area contributed by atoms with Gasteiger partial charge in [0.25, 0.3) is 0 Å². The van der Waals surface area contributed by atoms with Crippen LogP contribution in [-0.2, 0) is 11.8 Å². The number of methoxy groups -OCH3 is 1. The number of nitrogens with zero attached hydrogens (tertiary/aromatic N) is 4. The quantitative estimate of drug-likeness (QED) is 0.559. The Morgan fingerprint density at radius 3 is 2.82 bits per heavy atom. The van der Waals surface area contributed by atoms with E-state index in [1.54, 1.807) is 14.2 Å². The van der Waals surface area contributed by atoms with Crippen molar-refractivity contribution >= 4 is 17.7 Å². The van der Waals surface area contributed by atoms with E-state index in [1.807, 2.05) is 24.3 Å². The predicted molar refractivity (Wildman–Crippen MR) is 81.0 cm³/mol. The standard InChI is InChI=1S/C13H17N5O3S/c1-18-13(15-16-17-18)22-9-12(19)14-7-8-21-11-6-4-3-5-10(11)20-2/h3-6H,7-9H2,1-2H3,(H,14,19). The van der Waals surface area contributed by atoms with E-state index in [-0.39, 0.29) is 11.7 Å². The number of benzene rings is 1. The zero-order valence-corrected chi connectivity index (χ0v) is 13.2. The Kier molecular flexibility index (Phi) is 6.01. The van der Waals surface area contributed by atoms with E-state index in [0.717, 1.165) is 0 Å². The summed E-state index contributed by atoms with van der Waals surface area (Å²) in [6.45, 7) is 0.775. The number of aryl methyl sites for hydroxylation is 1. The largest absolute Gasteiger partial charge is 0.493 e. The van der Waals surface area contributed by atoms with E-state index in [9.17, 15) is 4.79 Å². The van der Waals surface area contributed by atoms with Gasteiger partial charge < -0.3 is 14.8 Å². The van der Waals surface area contributed by atoms with E-state index in [4.69, 9.17) is 9.47 Å². The third kappa shape index (κ3) is 4.62. The van der Waals surface area contributed by atoms with E-state index >= 15 is 0 Å². The molecule has 118 valence electrons. The summed E-state index contributed by atoms with van der Waals surface area (Å²) in [6, 6.07) is 7.37. The summed E-state index contributed by atoms with van der Waals surface area (Å²) < 4.78 is 12.3. The van der Waals surface area contributed by atoms with E-state index in [1.165, 1.54) is 16.4 Å². The van der Waals surface area contributed by atoms with Crippen LogP contribution in [0.5, 0.6) is 11.5 Å². The number of hydrogen-bond acceptors (Lipinski definition) is 7. The molecular weight excluding hydrogens is 306 g/mol. The summed E-state index contributed by atoms with van der Waals surface area (Å²) in [5.41, 5.74) is 0. The van der Waals surface area contributed by atoms with Gasteiger partial charge in [-0.25, -0.2) is 4.68 Å². The zero-order valence-electron chi connectivity index (χ0n) is 12.4. The molecule has 2 aromatic rings. The predicted octanol–water partition coefficient (Wildman–Crippen LogP) is 0.506. The molecule has 1 aromatic carbocycles. The van der Waals surface area contributed by atoms with Crippen LogP contribution in [0.25, 0.3) is 0 Å². The second kappa shape index (κ2) is 8.23. The lowest BCUT2D eigenvalue weighted by Gasteiger charge is -2.10. The Labute approximate surface area is 132 Å². The highest BCUT2D eigenvalue weighted by molar-refractivity contribution is 7.99. The molecule has 1 heterocycles. The number of hydrogen-bond donors (Lipinski definition) is 1. The number of rotatable bonds is 8. The van der Waals surface area contributed by atoms with Crippen LogP contribution in [0.4, 0.5) is 0 Å². The van der Waals surface area contributed by atoms with E-state index < -0.39 is 0 Å². The molecular formula is C13H17N5O3S. The van der Waals surface area contributed by atoms with Gasteiger partial charge in [-0.3, -0.25) is 4.79 Å². The molecule has 0 aliphatic rings. The number of carbonyl (C=O) groups is 1. The first kappa shape index (κ1) is 16.1. The summed E-state index contributed by atoms with van der Waals surface area (Å²) in [5, 5.41) is 14.4. The number of tetrazole rings is 1. The van der Waals surface area contributed by atoms with Crippen molar-refractivity contribution in [3.05, 3.63) is 24.3 Å². The molecule has 1 amide bonds. The first-order valence-corrected chi connectivity index (χ1v) is 7.57. The van der Waals surface area contributed by atoms with Gasteiger partial charge in [0, 0.05) is 7.05 Å². The maximum absolute atomic E-state index is 11.7. The molecule has 0 aliphatic carbocycles. The minimum Gasteiger partial charge on any atom is -0.493 e. The van der Waals surface area contributed by atoms with Crippen LogP contribution >= 0.6 is 11.8 Å². The van der Waals surface area contributed by atoms with Crippen molar-refractivity contribution in [1.29, 1.82) is 0 Å². The fourth-order valence-electron chi connectivity index (χ4n) is 1.61. The Hall–Kier alpha value is -2.29. The molecule has 0 radical (unpaired) electrons. The van der Waals surface area contributed by atoms with Crippen molar-refractivity contribution in [2.24, 2.45) is 7.05 Å². The molecule has 0 unspecified atom stereocenters. The number of carbonyl (C=O) groups excluding carboxylic acids is 1. The van der Waals surface area contributed by atoms with Gasteiger partial charge in [0.05, 0.1) is 19.4 Å². The first-order valence-electron chi connectivity index (χ1n) is 6.58. The van der Waals surface area contributed by atoms with Crippen LogP contribution < -0.4 is 14.8 Å². The molecule has 22 heavy (non-hydrogen) atoms. The summed E-state index contributed by atoms with van der Waals surface area (Å²) in [7, 11) is 3.31. The molecule has 2 rings (SSSR count). The highest BCUT2D eigenvalue weighted by Gasteiger charge is 2.07. The van der Waals surface area contributed by atoms with Crippen LogP contribution in [-0.4, -0.2) is 52.1 Å². The van der Waals surface area contributed by atoms with Crippen LogP contribution in [0.1, 0.15) is 0 Å². The summed E-state index contributed by atoms with van der Waals surface area (Å²) >= 11 is 1.28. The molecule has 0 saturated carbocycles. The van der Waals surface area contributed by atoms with Crippen molar-refractivity contribution in [1.82, 2.24) is 25.5 Å². The molecule has 1 N–H and O–H groups in total. The van der Waals surface area contributed by atoms with Gasteiger partial charge in [-0.2, -0.15) is 0 Å². The van der Waals surface area contributed by atoms with Gasteiger partial charge in [-0.1, -0.05) is 23.9 Å². The van der Waals surface area contributed by atoms with Crippen molar-refractivity contribution in [2.75, 3.05) is 26.0 Å². The third-order valence-electron chi connectivity index (χ3n) is 2.66. The molecule has 0 aliphatic heterocycles. The van der Waals surface area contributed by atoms with Crippen LogP contribution in [0.15, 0.2) is 29.4 Å². The summed E-state index contributed by atoms with van der Waals surface area (Å²) in [5.74, 6) is 1.47. The minimum atomic E-state index is -0.100. The van der Waals surface area contributed by atoms with E-state index in [0.29, 0.717) is 29.8 Å². The van der Waals surface area contributed by atoms with Gasteiger partial charge in [0.2, 0.25) is 11.1 Å². The molecule has 0 fully saturated rings. The Bertz CT molecular complexity index is 619.